The molecule has 14 heteroatoms. The summed E-state index contributed by atoms with van der Waals surface area (Å²) in [6, 6.07) is 0. The van der Waals surface area contributed by atoms with Gasteiger partial charge in [-0.05, 0) is 0 Å². The van der Waals surface area contributed by atoms with Crippen LogP contribution in [0.25, 0.3) is 0 Å². The molecule has 0 saturated carbocycles. The number of carbonyl (C=O) groups excluding carboxylic acids is 2. The molecule has 1 saturated heterocycles. The van der Waals surface area contributed by atoms with Gasteiger partial charge in [0.05, 0.1) is 25.0 Å². The Morgan fingerprint density at radius 2 is 0.733 bits per heavy atom. The minimum Gasteiger partial charge on any atom is -0.549 e. The molecule has 0 aromatic carbocycles. The Balaban J connectivity index is 0. The van der Waals surface area contributed by atoms with Crippen molar-refractivity contribution in [1.82, 2.24) is 19.6 Å². The molecule has 0 bridgehead atoms. The third-order valence-corrected chi connectivity index (χ3v) is 4.35. The van der Waals surface area contributed by atoms with Gasteiger partial charge in [0.15, 0.2) is 0 Å². The van der Waals surface area contributed by atoms with Crippen LogP contribution in [0, 0.1) is 0 Å². The van der Waals surface area contributed by atoms with E-state index in [1.54, 1.807) is 19.6 Å². The standard InChI is InChI=1S/C16H28N4O8.2K/c21-13(22)9-17-1-2-18(10-14(23)24)5-6-20(12-16(27)28)8-7-19(4-3-17)11-15(25)26;;/h1-12H2,(H,21,22)(H,23,24)(H,25,26)(H,27,28);;/q;2*+1/p-2. The molecule has 12 nitrogen and oxygen atoms in total. The van der Waals surface area contributed by atoms with Gasteiger partial charge in [-0.15, -0.1) is 0 Å². The average Bonchev–Trinajstić information content (AvgIpc) is 2.55. The van der Waals surface area contributed by atoms with Crippen molar-refractivity contribution in [1.29, 1.82) is 0 Å². The fraction of sp³-hybridized carbons (Fsp3) is 0.750. The summed E-state index contributed by atoms with van der Waals surface area (Å²) in [6.07, 6.45) is 0. The van der Waals surface area contributed by atoms with Crippen molar-refractivity contribution >= 4 is 23.9 Å². The topological polar surface area (TPSA) is 168 Å². The molecular weight excluding hydrogens is 454 g/mol. The average molecular weight is 481 g/mol. The van der Waals surface area contributed by atoms with E-state index >= 15 is 0 Å². The first-order chi connectivity index (χ1) is 13.2. The Morgan fingerprint density at radius 3 is 0.900 bits per heavy atom. The third kappa shape index (κ3) is 16.6. The van der Waals surface area contributed by atoms with Gasteiger partial charge in [-0.2, -0.15) is 0 Å². The molecule has 2 N–H and O–H groups in total. The minimum absolute atomic E-state index is 0. The first-order valence-electron chi connectivity index (χ1n) is 8.88. The van der Waals surface area contributed by atoms with E-state index in [2.05, 4.69) is 0 Å². The van der Waals surface area contributed by atoms with Crippen molar-refractivity contribution in [2.24, 2.45) is 0 Å². The van der Waals surface area contributed by atoms with E-state index < -0.39 is 23.9 Å². The Kier molecular flexibility index (Phi) is 20.4. The van der Waals surface area contributed by atoms with Gasteiger partial charge in [-0.25, -0.2) is 0 Å². The number of aliphatic carboxylic acids is 4. The van der Waals surface area contributed by atoms with Crippen molar-refractivity contribution in [3.63, 3.8) is 0 Å². The quantitative estimate of drug-likeness (QED) is 0.315. The smallest absolute Gasteiger partial charge is 0.549 e. The molecule has 1 fully saturated rings. The number of hydrogen-bond donors (Lipinski definition) is 2. The summed E-state index contributed by atoms with van der Waals surface area (Å²) in [6.45, 7) is 0.839. The second-order valence-electron chi connectivity index (χ2n) is 6.64. The van der Waals surface area contributed by atoms with E-state index in [1.165, 1.54) is 0 Å². The fourth-order valence-electron chi connectivity index (χ4n) is 2.96. The van der Waals surface area contributed by atoms with Gasteiger partial charge >= 0.3 is 115 Å². The zero-order valence-corrected chi connectivity index (χ0v) is 23.9. The van der Waals surface area contributed by atoms with E-state index in [9.17, 15) is 29.4 Å². The molecule has 0 aromatic heterocycles. The molecule has 1 aliphatic rings. The van der Waals surface area contributed by atoms with Crippen LogP contribution < -0.4 is 113 Å². The molecule has 160 valence electrons. The van der Waals surface area contributed by atoms with Gasteiger partial charge in [0, 0.05) is 65.4 Å². The van der Waals surface area contributed by atoms with Crippen molar-refractivity contribution in [3.05, 3.63) is 0 Å². The van der Waals surface area contributed by atoms with Crippen LogP contribution in [0.4, 0.5) is 0 Å². The van der Waals surface area contributed by atoms with E-state index in [-0.39, 0.29) is 181 Å². The zero-order valence-electron chi connectivity index (χ0n) is 17.6. The van der Waals surface area contributed by atoms with Crippen LogP contribution >= 0.6 is 0 Å². The van der Waals surface area contributed by atoms with Gasteiger partial charge < -0.3 is 30.0 Å². The number of rotatable bonds is 8. The van der Waals surface area contributed by atoms with Crippen LogP contribution in [0.2, 0.25) is 0 Å². The van der Waals surface area contributed by atoms with Crippen LogP contribution in [-0.2, 0) is 19.2 Å². The SMILES string of the molecule is O=C([O-])CN1CCN(CC(=O)[O-])CCN(CC(=O)O)CCN(CC(=O)O)CC1.[K+].[K+]. The molecule has 1 rings (SSSR count). The van der Waals surface area contributed by atoms with Crippen LogP contribution in [0.3, 0.4) is 0 Å². The minimum atomic E-state index is -1.28. The predicted molar refractivity (Wildman–Crippen MR) is 91.0 cm³/mol. The summed E-state index contributed by atoms with van der Waals surface area (Å²) in [7, 11) is 0. The number of nitrogens with zero attached hydrogens (tertiary/aromatic N) is 4. The first kappa shape index (κ1) is 33.2. The van der Waals surface area contributed by atoms with E-state index in [0.29, 0.717) is 0 Å². The summed E-state index contributed by atoms with van der Waals surface area (Å²) in [5.74, 6) is -4.64. The van der Waals surface area contributed by atoms with Crippen molar-refractivity contribution in [3.8, 4) is 0 Å². The molecule has 0 aromatic rings. The summed E-state index contributed by atoms with van der Waals surface area (Å²) in [5.41, 5.74) is 0. The molecule has 0 amide bonds. The van der Waals surface area contributed by atoms with Gasteiger partial charge in [0.2, 0.25) is 0 Å². The summed E-state index contributed by atoms with van der Waals surface area (Å²) in [5, 5.41) is 40.1. The van der Waals surface area contributed by atoms with Crippen LogP contribution in [-0.4, -0.2) is 132 Å². The second kappa shape index (κ2) is 18.4. The predicted octanol–water partition coefficient (Wildman–Crippen LogP) is -11.1. The van der Waals surface area contributed by atoms with Crippen LogP contribution in [0.15, 0.2) is 0 Å². The molecule has 0 unspecified atom stereocenters. The monoisotopic (exact) mass is 480 g/mol. The molecule has 0 radical (unpaired) electrons. The van der Waals surface area contributed by atoms with Crippen molar-refractivity contribution in [2.45, 2.75) is 0 Å². The summed E-state index contributed by atoms with van der Waals surface area (Å²) in [4.78, 5) is 50.4. The van der Waals surface area contributed by atoms with E-state index in [1.807, 2.05) is 0 Å². The van der Waals surface area contributed by atoms with Gasteiger partial charge in [-0.3, -0.25) is 29.2 Å². The number of carboxylic acids is 4. The van der Waals surface area contributed by atoms with E-state index in [0.717, 1.165) is 0 Å². The fourth-order valence-corrected chi connectivity index (χ4v) is 2.96. The molecule has 1 heterocycles. The van der Waals surface area contributed by atoms with Gasteiger partial charge in [0.25, 0.3) is 0 Å². The van der Waals surface area contributed by atoms with Crippen LogP contribution in [0.1, 0.15) is 0 Å². The molecule has 30 heavy (non-hydrogen) atoms. The molecule has 1 aliphatic heterocycles. The summed E-state index contributed by atoms with van der Waals surface area (Å²) >= 11 is 0. The normalized spacial score (nSPS) is 18.1. The van der Waals surface area contributed by atoms with E-state index in [4.69, 9.17) is 10.2 Å². The number of carbonyl (C=O) groups is 4. The van der Waals surface area contributed by atoms with Gasteiger partial charge in [0.1, 0.15) is 0 Å². The Hall–Kier alpha value is 0.993. The van der Waals surface area contributed by atoms with Crippen molar-refractivity contribution in [2.75, 3.05) is 78.5 Å². The number of hydrogen-bond acceptors (Lipinski definition) is 10. The molecule has 0 atom stereocenters. The second-order valence-corrected chi connectivity index (χ2v) is 6.64. The largest absolute Gasteiger partial charge is 1.00 e. The van der Waals surface area contributed by atoms with Gasteiger partial charge in [-0.1, -0.05) is 0 Å². The summed E-state index contributed by atoms with van der Waals surface area (Å²) < 4.78 is 0. The number of carboxylic acid groups (broad SMARTS) is 4. The maximum absolute atomic E-state index is 11.1. The maximum atomic E-state index is 11.1. The molecule has 0 aliphatic carbocycles. The Bertz CT molecular complexity index is 457. The molecule has 0 spiro atoms. The Labute approximate surface area is 260 Å². The molecular formula is C16H26K2N4O8. The Morgan fingerprint density at radius 1 is 0.533 bits per heavy atom. The van der Waals surface area contributed by atoms with Crippen molar-refractivity contribution < 1.29 is 142 Å². The third-order valence-electron chi connectivity index (χ3n) is 4.35. The first-order valence-corrected chi connectivity index (χ1v) is 8.88. The van der Waals surface area contributed by atoms with Crippen LogP contribution in [0.5, 0.6) is 0 Å². The maximum Gasteiger partial charge on any atom is 1.00 e. The zero-order chi connectivity index (χ0) is 21.1.